The summed E-state index contributed by atoms with van der Waals surface area (Å²) in [6, 6.07) is 10.6. The minimum atomic E-state index is -0.227. The normalized spacial score (nSPS) is 24.1. The molecule has 2 saturated heterocycles. The molecule has 1 N–H and O–H groups in total. The van der Waals surface area contributed by atoms with E-state index in [0.717, 1.165) is 26.2 Å². The minimum absolute atomic E-state index is 0.115. The van der Waals surface area contributed by atoms with E-state index < -0.39 is 0 Å². The number of pyridine rings is 1. The van der Waals surface area contributed by atoms with Crippen LogP contribution in [0.25, 0.3) is 0 Å². The summed E-state index contributed by atoms with van der Waals surface area (Å²) in [4.78, 5) is 36.5. The first-order valence-corrected chi connectivity index (χ1v) is 9.25. The smallest absolute Gasteiger partial charge is 0.323 e. The number of hydrogen-bond acceptors (Lipinski definition) is 4. The average Bonchev–Trinajstić information content (AvgIpc) is 3.17. The van der Waals surface area contributed by atoms with Gasteiger partial charge >= 0.3 is 6.03 Å². The third kappa shape index (κ3) is 2.57. The van der Waals surface area contributed by atoms with Crippen molar-refractivity contribution < 1.29 is 9.59 Å². The molecule has 7 heteroatoms. The number of fused-ring (bicyclic) bond motifs is 3. The van der Waals surface area contributed by atoms with Gasteiger partial charge in [0, 0.05) is 32.4 Å². The van der Waals surface area contributed by atoms with Gasteiger partial charge in [-0.1, -0.05) is 12.1 Å². The largest absolute Gasteiger partial charge is 0.330 e. The van der Waals surface area contributed by atoms with Crippen molar-refractivity contribution in [2.24, 2.45) is 11.8 Å². The number of nitrogens with one attached hydrogen (secondary N) is 1. The lowest BCUT2D eigenvalue weighted by atomic mass is 10.0. The number of likely N-dealkylation sites (tertiary alicyclic amines) is 2. The number of para-hydroxylation sites is 1. The predicted octanol–water partition coefficient (Wildman–Crippen LogP) is 2.40. The fraction of sp³-hybridized carbons (Fsp3) is 0.350. The molecule has 0 saturated carbocycles. The number of urea groups is 1. The van der Waals surface area contributed by atoms with Gasteiger partial charge in [-0.25, -0.2) is 14.7 Å². The Morgan fingerprint density at radius 2 is 1.81 bits per heavy atom. The standard InChI is InChI=1S/C20H21N5O2/c1-23-9-13-11-24(12-14(13)10-23)20(27)25-17-7-3-2-5-15(17)19(26)22-16-6-4-8-21-18(16)25/h2-8,13-14H,9-12H2,1H3,(H,22,26). The van der Waals surface area contributed by atoms with Crippen LogP contribution in [0.4, 0.5) is 22.0 Å². The SMILES string of the molecule is CN1CC2CN(C(=O)N3c4ccccc4C(=O)Nc4cccnc43)CC2C1. The number of benzene rings is 1. The second-order valence-corrected chi connectivity index (χ2v) is 7.61. The van der Waals surface area contributed by atoms with Gasteiger partial charge in [-0.05, 0) is 43.1 Å². The van der Waals surface area contributed by atoms with E-state index in [1.165, 1.54) is 0 Å². The quantitative estimate of drug-likeness (QED) is 0.780. The lowest BCUT2D eigenvalue weighted by Crippen LogP contribution is -2.41. The van der Waals surface area contributed by atoms with Gasteiger partial charge in [0.1, 0.15) is 0 Å². The van der Waals surface area contributed by atoms with E-state index in [2.05, 4.69) is 22.2 Å². The second kappa shape index (κ2) is 6.06. The monoisotopic (exact) mass is 363 g/mol. The molecule has 2 unspecified atom stereocenters. The maximum Gasteiger partial charge on any atom is 0.330 e. The molecule has 0 radical (unpaired) electrons. The second-order valence-electron chi connectivity index (χ2n) is 7.61. The van der Waals surface area contributed by atoms with Crippen molar-refractivity contribution in [2.75, 3.05) is 43.4 Å². The zero-order chi connectivity index (χ0) is 18.5. The summed E-state index contributed by atoms with van der Waals surface area (Å²) in [6.07, 6.45) is 1.65. The first-order valence-electron chi connectivity index (χ1n) is 9.25. The molecule has 2 fully saturated rings. The van der Waals surface area contributed by atoms with Gasteiger partial charge in [-0.3, -0.25) is 4.79 Å². The van der Waals surface area contributed by atoms with E-state index in [1.54, 1.807) is 41.4 Å². The molecular weight excluding hydrogens is 342 g/mol. The van der Waals surface area contributed by atoms with Crippen molar-refractivity contribution >= 4 is 29.1 Å². The van der Waals surface area contributed by atoms with E-state index in [-0.39, 0.29) is 11.9 Å². The molecule has 5 rings (SSSR count). The van der Waals surface area contributed by atoms with Crippen molar-refractivity contribution in [1.82, 2.24) is 14.8 Å². The van der Waals surface area contributed by atoms with Crippen molar-refractivity contribution in [3.63, 3.8) is 0 Å². The van der Waals surface area contributed by atoms with Gasteiger partial charge in [0.25, 0.3) is 5.91 Å². The molecule has 0 bridgehead atoms. The maximum absolute atomic E-state index is 13.6. The van der Waals surface area contributed by atoms with Crippen LogP contribution < -0.4 is 10.2 Å². The Kier molecular flexibility index (Phi) is 3.65. The van der Waals surface area contributed by atoms with Crippen LogP contribution in [0, 0.1) is 11.8 Å². The number of hydrogen-bond donors (Lipinski definition) is 1. The summed E-state index contributed by atoms with van der Waals surface area (Å²) in [5.41, 5.74) is 1.60. The predicted molar refractivity (Wildman–Crippen MR) is 102 cm³/mol. The van der Waals surface area contributed by atoms with E-state index >= 15 is 0 Å². The van der Waals surface area contributed by atoms with Crippen molar-refractivity contribution in [2.45, 2.75) is 0 Å². The Balaban J connectivity index is 1.56. The summed E-state index contributed by atoms with van der Waals surface area (Å²) in [5.74, 6) is 1.28. The topological polar surface area (TPSA) is 68.8 Å². The van der Waals surface area contributed by atoms with Gasteiger partial charge in [0.2, 0.25) is 0 Å². The number of aromatic nitrogens is 1. The Labute approximate surface area is 157 Å². The molecule has 3 amide bonds. The minimum Gasteiger partial charge on any atom is -0.323 e. The molecule has 7 nitrogen and oxygen atoms in total. The Morgan fingerprint density at radius 3 is 2.59 bits per heavy atom. The van der Waals surface area contributed by atoms with Crippen LogP contribution in [-0.2, 0) is 0 Å². The highest BCUT2D eigenvalue weighted by Gasteiger charge is 2.43. The number of nitrogens with zero attached hydrogens (tertiary/aromatic N) is 4. The molecular formula is C20H21N5O2. The Hall–Kier alpha value is -2.93. The molecule has 2 aromatic rings. The maximum atomic E-state index is 13.6. The van der Waals surface area contributed by atoms with Crippen molar-refractivity contribution in [3.8, 4) is 0 Å². The lowest BCUT2D eigenvalue weighted by molar-refractivity contribution is 0.102. The van der Waals surface area contributed by atoms with Crippen LogP contribution in [-0.4, -0.2) is 59.9 Å². The highest BCUT2D eigenvalue weighted by molar-refractivity contribution is 6.16. The molecule has 1 aromatic carbocycles. The first kappa shape index (κ1) is 16.3. The molecule has 27 heavy (non-hydrogen) atoms. The molecule has 0 aliphatic carbocycles. The summed E-state index contributed by atoms with van der Waals surface area (Å²) in [5, 5.41) is 2.88. The fourth-order valence-electron chi connectivity index (χ4n) is 4.56. The third-order valence-electron chi connectivity index (χ3n) is 5.77. The van der Waals surface area contributed by atoms with Gasteiger partial charge in [0.05, 0.1) is 16.9 Å². The third-order valence-corrected chi connectivity index (χ3v) is 5.77. The van der Waals surface area contributed by atoms with Gasteiger partial charge in [-0.2, -0.15) is 0 Å². The van der Waals surface area contributed by atoms with Gasteiger partial charge in [-0.15, -0.1) is 0 Å². The van der Waals surface area contributed by atoms with Crippen LogP contribution in [0.2, 0.25) is 0 Å². The molecule has 0 spiro atoms. The number of amides is 3. The summed E-state index contributed by atoms with van der Waals surface area (Å²) in [7, 11) is 2.13. The molecule has 1 aromatic heterocycles. The highest BCUT2D eigenvalue weighted by atomic mass is 16.2. The lowest BCUT2D eigenvalue weighted by Gasteiger charge is -2.28. The Morgan fingerprint density at radius 1 is 1.07 bits per heavy atom. The van der Waals surface area contributed by atoms with E-state index in [4.69, 9.17) is 0 Å². The van der Waals surface area contributed by atoms with Crippen molar-refractivity contribution in [1.29, 1.82) is 0 Å². The zero-order valence-corrected chi connectivity index (χ0v) is 15.1. The van der Waals surface area contributed by atoms with E-state index in [9.17, 15) is 9.59 Å². The molecule has 138 valence electrons. The molecule has 4 heterocycles. The van der Waals surface area contributed by atoms with Gasteiger partial charge in [0.15, 0.2) is 5.82 Å². The van der Waals surface area contributed by atoms with Gasteiger partial charge < -0.3 is 15.1 Å². The number of rotatable bonds is 0. The summed E-state index contributed by atoms with van der Waals surface area (Å²) in [6.45, 7) is 3.55. The van der Waals surface area contributed by atoms with Crippen LogP contribution in [0.15, 0.2) is 42.6 Å². The van der Waals surface area contributed by atoms with Crippen molar-refractivity contribution in [3.05, 3.63) is 48.2 Å². The summed E-state index contributed by atoms with van der Waals surface area (Å²) >= 11 is 0. The first-order chi connectivity index (χ1) is 13.1. The molecule has 3 aliphatic rings. The van der Waals surface area contributed by atoms with Crippen LogP contribution >= 0.6 is 0 Å². The zero-order valence-electron chi connectivity index (χ0n) is 15.1. The molecule has 2 atom stereocenters. The number of carbonyl (C=O) groups is 2. The average molecular weight is 363 g/mol. The van der Waals surface area contributed by atoms with Crippen LogP contribution in [0.3, 0.4) is 0 Å². The molecule has 3 aliphatic heterocycles. The Bertz CT molecular complexity index is 916. The summed E-state index contributed by atoms with van der Waals surface area (Å²) < 4.78 is 0. The van der Waals surface area contributed by atoms with E-state index in [0.29, 0.717) is 34.6 Å². The fourth-order valence-corrected chi connectivity index (χ4v) is 4.56. The van der Waals surface area contributed by atoms with Crippen LogP contribution in [0.1, 0.15) is 10.4 Å². The van der Waals surface area contributed by atoms with E-state index in [1.807, 2.05) is 11.0 Å². The number of carbonyl (C=O) groups excluding carboxylic acids is 2. The number of anilines is 3. The van der Waals surface area contributed by atoms with Crippen LogP contribution in [0.5, 0.6) is 0 Å². The highest BCUT2D eigenvalue weighted by Crippen LogP contribution is 2.38.